The Morgan fingerprint density at radius 3 is 1.62 bits per heavy atom. The van der Waals surface area contributed by atoms with E-state index in [1.54, 1.807) is 0 Å². The van der Waals surface area contributed by atoms with Crippen molar-refractivity contribution in [2.75, 3.05) is 0 Å². The van der Waals surface area contributed by atoms with E-state index in [0.717, 1.165) is 5.70 Å². The Morgan fingerprint density at radius 2 is 1.38 bits per heavy atom. The zero-order chi connectivity index (χ0) is 11.0. The lowest BCUT2D eigenvalue weighted by atomic mass is 9.95. The summed E-state index contributed by atoms with van der Waals surface area (Å²) in [6, 6.07) is 0.503. The van der Waals surface area contributed by atoms with Crippen molar-refractivity contribution < 1.29 is 0 Å². The minimum absolute atomic E-state index is 0.503. The molecule has 13 heavy (non-hydrogen) atoms. The van der Waals surface area contributed by atoms with Gasteiger partial charge in [0.15, 0.2) is 0 Å². The Morgan fingerprint density at radius 1 is 1.00 bits per heavy atom. The van der Waals surface area contributed by atoms with Crippen LogP contribution in [0.15, 0.2) is 12.3 Å². The van der Waals surface area contributed by atoms with E-state index in [-0.39, 0.29) is 0 Å². The van der Waals surface area contributed by atoms with Crippen LogP contribution in [0.2, 0.25) is 0 Å². The summed E-state index contributed by atoms with van der Waals surface area (Å²) in [6.45, 7) is 18.9. The van der Waals surface area contributed by atoms with Crippen LogP contribution in [-0.2, 0) is 0 Å². The lowest BCUT2D eigenvalue weighted by Crippen LogP contribution is -2.26. The molecule has 0 aliphatic heterocycles. The predicted molar refractivity (Wildman–Crippen MR) is 62.8 cm³/mol. The SMILES string of the molecule is C=C(NC(C)C)C(C)C(C)C.CC. The first-order valence-corrected chi connectivity index (χ1v) is 5.40. The van der Waals surface area contributed by atoms with E-state index in [4.69, 9.17) is 0 Å². The lowest BCUT2D eigenvalue weighted by Gasteiger charge is -2.21. The first-order chi connectivity index (χ1) is 5.95. The van der Waals surface area contributed by atoms with Crippen LogP contribution in [0.4, 0.5) is 0 Å². The van der Waals surface area contributed by atoms with Crippen LogP contribution >= 0.6 is 0 Å². The summed E-state index contributed by atoms with van der Waals surface area (Å²) in [4.78, 5) is 0. The van der Waals surface area contributed by atoms with Gasteiger partial charge in [-0.2, -0.15) is 0 Å². The lowest BCUT2D eigenvalue weighted by molar-refractivity contribution is 0.442. The maximum Gasteiger partial charge on any atom is 0.0201 e. The van der Waals surface area contributed by atoms with E-state index in [1.807, 2.05) is 13.8 Å². The summed E-state index contributed by atoms with van der Waals surface area (Å²) in [5.74, 6) is 1.24. The van der Waals surface area contributed by atoms with Crippen LogP contribution < -0.4 is 5.32 Å². The average Bonchev–Trinajstić information content (AvgIpc) is 2.05. The number of rotatable bonds is 4. The molecular weight excluding hydrogens is 158 g/mol. The second-order valence-corrected chi connectivity index (χ2v) is 3.86. The molecule has 0 amide bonds. The van der Waals surface area contributed by atoms with Crippen molar-refractivity contribution in [3.8, 4) is 0 Å². The highest BCUT2D eigenvalue weighted by molar-refractivity contribution is 4.98. The summed E-state index contributed by atoms with van der Waals surface area (Å²) in [5, 5.41) is 3.33. The van der Waals surface area contributed by atoms with Gasteiger partial charge in [-0.25, -0.2) is 0 Å². The van der Waals surface area contributed by atoms with Crippen molar-refractivity contribution in [3.63, 3.8) is 0 Å². The number of hydrogen-bond donors (Lipinski definition) is 1. The fourth-order valence-corrected chi connectivity index (χ4v) is 0.905. The van der Waals surface area contributed by atoms with Gasteiger partial charge in [-0.3, -0.25) is 0 Å². The van der Waals surface area contributed by atoms with Crippen LogP contribution in [0, 0.1) is 11.8 Å². The van der Waals surface area contributed by atoms with E-state index in [1.165, 1.54) is 0 Å². The molecule has 0 radical (unpaired) electrons. The van der Waals surface area contributed by atoms with Gasteiger partial charge in [0.2, 0.25) is 0 Å². The summed E-state index contributed by atoms with van der Waals surface area (Å²) >= 11 is 0. The van der Waals surface area contributed by atoms with Gasteiger partial charge < -0.3 is 5.32 Å². The Kier molecular flexibility index (Phi) is 9.43. The first-order valence-electron chi connectivity index (χ1n) is 5.40. The fourth-order valence-electron chi connectivity index (χ4n) is 0.905. The van der Waals surface area contributed by atoms with E-state index < -0.39 is 0 Å². The second kappa shape index (κ2) is 8.15. The van der Waals surface area contributed by atoms with Gasteiger partial charge >= 0.3 is 0 Å². The first kappa shape index (κ1) is 15.0. The molecule has 0 rings (SSSR count). The quantitative estimate of drug-likeness (QED) is 0.702. The highest BCUT2D eigenvalue weighted by Gasteiger charge is 2.10. The molecular formula is C12H27N. The van der Waals surface area contributed by atoms with Gasteiger partial charge in [-0.15, -0.1) is 0 Å². The Labute approximate surface area is 84.6 Å². The van der Waals surface area contributed by atoms with E-state index in [0.29, 0.717) is 17.9 Å². The van der Waals surface area contributed by atoms with Crippen LogP contribution in [-0.4, -0.2) is 6.04 Å². The van der Waals surface area contributed by atoms with Gasteiger partial charge in [-0.05, 0) is 25.7 Å². The Hall–Kier alpha value is -0.460. The van der Waals surface area contributed by atoms with Crippen LogP contribution in [0.3, 0.4) is 0 Å². The zero-order valence-corrected chi connectivity index (χ0v) is 10.4. The predicted octanol–water partition coefficient (Wildman–Crippen LogP) is 3.82. The molecule has 1 nitrogen and oxygen atoms in total. The normalized spacial score (nSPS) is 12.1. The highest BCUT2D eigenvalue weighted by atomic mass is 14.9. The van der Waals surface area contributed by atoms with Crippen molar-refractivity contribution in [1.82, 2.24) is 5.32 Å². The molecule has 80 valence electrons. The van der Waals surface area contributed by atoms with Gasteiger partial charge in [0.05, 0.1) is 0 Å². The van der Waals surface area contributed by atoms with Gasteiger partial charge in [0, 0.05) is 11.7 Å². The summed E-state index contributed by atoms with van der Waals surface area (Å²) < 4.78 is 0. The molecule has 1 unspecified atom stereocenters. The van der Waals surface area contributed by atoms with Gasteiger partial charge in [0.1, 0.15) is 0 Å². The molecule has 0 heterocycles. The monoisotopic (exact) mass is 185 g/mol. The summed E-state index contributed by atoms with van der Waals surface area (Å²) in [7, 11) is 0. The van der Waals surface area contributed by atoms with E-state index >= 15 is 0 Å². The van der Waals surface area contributed by atoms with E-state index in [2.05, 4.69) is 46.5 Å². The van der Waals surface area contributed by atoms with Crippen molar-refractivity contribution in [2.45, 2.75) is 54.5 Å². The van der Waals surface area contributed by atoms with E-state index in [9.17, 15) is 0 Å². The average molecular weight is 185 g/mol. The van der Waals surface area contributed by atoms with Crippen LogP contribution in [0.1, 0.15) is 48.5 Å². The molecule has 0 aromatic rings. The molecule has 1 heteroatoms. The number of nitrogens with one attached hydrogen (secondary N) is 1. The highest BCUT2D eigenvalue weighted by Crippen LogP contribution is 2.16. The largest absolute Gasteiger partial charge is 0.386 e. The molecule has 0 bridgehead atoms. The molecule has 1 atom stereocenters. The van der Waals surface area contributed by atoms with Crippen LogP contribution in [0.5, 0.6) is 0 Å². The minimum atomic E-state index is 0.503. The maximum atomic E-state index is 4.00. The van der Waals surface area contributed by atoms with Gasteiger partial charge in [0.25, 0.3) is 0 Å². The molecule has 0 spiro atoms. The third-order valence-electron chi connectivity index (χ3n) is 2.02. The maximum absolute atomic E-state index is 4.00. The topological polar surface area (TPSA) is 12.0 Å². The second-order valence-electron chi connectivity index (χ2n) is 3.86. The molecule has 0 saturated carbocycles. The molecule has 0 aliphatic rings. The molecule has 0 aliphatic carbocycles. The molecule has 0 aromatic heterocycles. The minimum Gasteiger partial charge on any atom is -0.386 e. The fraction of sp³-hybridized carbons (Fsp3) is 0.833. The van der Waals surface area contributed by atoms with Crippen molar-refractivity contribution in [1.29, 1.82) is 0 Å². The van der Waals surface area contributed by atoms with Crippen LogP contribution in [0.25, 0.3) is 0 Å². The number of allylic oxidation sites excluding steroid dienone is 1. The van der Waals surface area contributed by atoms with Gasteiger partial charge in [-0.1, -0.05) is 41.2 Å². The third kappa shape index (κ3) is 7.89. The molecule has 0 saturated heterocycles. The Balaban J connectivity index is 0. The summed E-state index contributed by atoms with van der Waals surface area (Å²) in [5.41, 5.74) is 1.16. The third-order valence-corrected chi connectivity index (χ3v) is 2.02. The Bertz CT molecular complexity index is 125. The van der Waals surface area contributed by atoms with Crippen molar-refractivity contribution in [2.24, 2.45) is 11.8 Å². The van der Waals surface area contributed by atoms with Crippen molar-refractivity contribution in [3.05, 3.63) is 12.3 Å². The smallest absolute Gasteiger partial charge is 0.0201 e. The van der Waals surface area contributed by atoms with Crippen molar-refractivity contribution >= 4 is 0 Å². The molecule has 0 fully saturated rings. The number of hydrogen-bond acceptors (Lipinski definition) is 1. The molecule has 1 N–H and O–H groups in total. The standard InChI is InChI=1S/C10H21N.C2H6/c1-7(2)9(5)10(6)11-8(3)4;1-2/h7-9,11H,6H2,1-5H3;1-2H3. The zero-order valence-electron chi connectivity index (χ0n) is 10.4. The molecule has 0 aromatic carbocycles. The summed E-state index contributed by atoms with van der Waals surface area (Å²) in [6.07, 6.45) is 0.